The third-order valence-corrected chi connectivity index (χ3v) is 7.56. The van der Waals surface area contributed by atoms with E-state index in [1.165, 1.54) is 37.3 Å². The molecule has 2 aromatic rings. The zero-order chi connectivity index (χ0) is 27.6. The smallest absolute Gasteiger partial charge is 0.430 e. The number of nitrogens with one attached hydrogen (secondary N) is 1. The summed E-state index contributed by atoms with van der Waals surface area (Å²) in [6.07, 6.45) is -8.95. The Labute approximate surface area is 212 Å². The molecule has 37 heavy (non-hydrogen) atoms. The summed E-state index contributed by atoms with van der Waals surface area (Å²) < 4.78 is 105. The standard InChI is InChI=1S/C25H27F6NO4S/c1-15(37(35)36)17-9-7-16(8-10-17)13-22(33)32-21-12-11-19(18-5-3-2-4-6-18)14-20(21)23(34,24(26,27)28)25(29,30)31/h7-12,14-15,18,34H,2-6,13H2,1H3,(H,32,33)(H,35,36)/p-1. The summed E-state index contributed by atoms with van der Waals surface area (Å²) >= 11 is -2.37. The Hall–Kier alpha value is -2.44. The molecule has 2 atom stereocenters. The minimum Gasteiger partial charge on any atom is -0.772 e. The average molecular weight is 551 g/mol. The molecule has 1 fully saturated rings. The van der Waals surface area contributed by atoms with Gasteiger partial charge in [0.25, 0.3) is 5.60 Å². The SMILES string of the molecule is CC(c1ccc(CC(=O)Nc2ccc(C3CCCCC3)cc2C(O)(C(F)(F)F)C(F)(F)F)cc1)S(=O)[O-]. The Bertz CT molecular complexity index is 1110. The molecule has 5 nitrogen and oxygen atoms in total. The maximum Gasteiger partial charge on any atom is 0.430 e. The van der Waals surface area contributed by atoms with Crippen molar-refractivity contribution in [3.8, 4) is 0 Å². The molecule has 0 heterocycles. The lowest BCUT2D eigenvalue weighted by molar-refractivity contribution is -0.376. The van der Waals surface area contributed by atoms with E-state index in [1.807, 2.05) is 0 Å². The second kappa shape index (κ2) is 11.1. The third kappa shape index (κ3) is 6.35. The van der Waals surface area contributed by atoms with E-state index < -0.39 is 57.9 Å². The quantitative estimate of drug-likeness (QED) is 0.319. The second-order valence-corrected chi connectivity index (χ2v) is 10.4. The Morgan fingerprint density at radius 3 is 2.11 bits per heavy atom. The topological polar surface area (TPSA) is 89.5 Å². The molecule has 2 N–H and O–H groups in total. The van der Waals surface area contributed by atoms with Crippen molar-refractivity contribution < 1.29 is 45.0 Å². The first kappa shape index (κ1) is 29.1. The van der Waals surface area contributed by atoms with Gasteiger partial charge in [0.2, 0.25) is 5.91 Å². The van der Waals surface area contributed by atoms with E-state index in [4.69, 9.17) is 0 Å². The van der Waals surface area contributed by atoms with Gasteiger partial charge >= 0.3 is 12.4 Å². The fourth-order valence-electron chi connectivity index (χ4n) is 4.52. The first-order valence-electron chi connectivity index (χ1n) is 11.6. The highest BCUT2D eigenvalue weighted by Crippen LogP contribution is 2.52. The molecule has 1 saturated carbocycles. The normalized spacial score (nSPS) is 17.3. The van der Waals surface area contributed by atoms with Gasteiger partial charge in [0.1, 0.15) is 0 Å². The molecular weight excluding hydrogens is 524 g/mol. The van der Waals surface area contributed by atoms with Gasteiger partial charge in [0.15, 0.2) is 0 Å². The van der Waals surface area contributed by atoms with Crippen LogP contribution in [0.2, 0.25) is 0 Å². The number of alkyl halides is 6. The summed E-state index contributed by atoms with van der Waals surface area (Å²) in [5.41, 5.74) is -6.44. The number of carbonyl (C=O) groups is 1. The molecule has 1 amide bonds. The van der Waals surface area contributed by atoms with Crippen molar-refractivity contribution in [3.63, 3.8) is 0 Å². The summed E-state index contributed by atoms with van der Waals surface area (Å²) in [6, 6.07) is 8.83. The Kier molecular flexibility index (Phi) is 8.75. The van der Waals surface area contributed by atoms with Crippen LogP contribution in [0, 0.1) is 0 Å². The maximum atomic E-state index is 13.8. The van der Waals surface area contributed by atoms with Gasteiger partial charge in [-0.05, 0) is 65.6 Å². The highest BCUT2D eigenvalue weighted by Gasteiger charge is 2.72. The van der Waals surface area contributed by atoms with Gasteiger partial charge < -0.3 is 15.0 Å². The summed E-state index contributed by atoms with van der Waals surface area (Å²) in [4.78, 5) is 12.6. The van der Waals surface area contributed by atoms with Crippen molar-refractivity contribution in [1.29, 1.82) is 0 Å². The molecule has 0 radical (unpaired) electrons. The van der Waals surface area contributed by atoms with Gasteiger partial charge in [0.05, 0.1) is 6.42 Å². The highest BCUT2D eigenvalue weighted by molar-refractivity contribution is 7.79. The van der Waals surface area contributed by atoms with Crippen molar-refractivity contribution in [2.75, 3.05) is 5.32 Å². The highest BCUT2D eigenvalue weighted by atomic mass is 32.2. The average Bonchev–Trinajstić information content (AvgIpc) is 2.83. The van der Waals surface area contributed by atoms with E-state index >= 15 is 0 Å². The van der Waals surface area contributed by atoms with E-state index in [9.17, 15) is 45.0 Å². The van der Waals surface area contributed by atoms with Crippen LogP contribution in [0.5, 0.6) is 0 Å². The molecule has 3 rings (SSSR count). The summed E-state index contributed by atoms with van der Waals surface area (Å²) in [6.45, 7) is 1.45. The first-order valence-corrected chi connectivity index (χ1v) is 12.8. The van der Waals surface area contributed by atoms with Crippen molar-refractivity contribution in [3.05, 3.63) is 64.7 Å². The number of carbonyl (C=O) groups excluding carboxylic acids is 1. The number of halogens is 6. The van der Waals surface area contributed by atoms with Crippen molar-refractivity contribution in [2.45, 2.75) is 74.6 Å². The molecule has 0 spiro atoms. The number of rotatable bonds is 7. The van der Waals surface area contributed by atoms with E-state index in [0.717, 1.165) is 25.3 Å². The third-order valence-electron chi connectivity index (χ3n) is 6.71. The summed E-state index contributed by atoms with van der Waals surface area (Å²) in [5.74, 6) is -1.17. The number of amides is 1. The molecule has 0 aliphatic heterocycles. The van der Waals surface area contributed by atoms with Crippen LogP contribution in [-0.4, -0.2) is 32.1 Å². The van der Waals surface area contributed by atoms with E-state index in [0.29, 0.717) is 30.0 Å². The van der Waals surface area contributed by atoms with Gasteiger partial charge in [-0.1, -0.05) is 49.6 Å². The molecule has 0 saturated heterocycles. The fraction of sp³-hybridized carbons (Fsp3) is 0.480. The Morgan fingerprint density at radius 2 is 1.59 bits per heavy atom. The second-order valence-electron chi connectivity index (χ2n) is 9.22. The van der Waals surface area contributed by atoms with E-state index in [1.54, 1.807) is 0 Å². The van der Waals surface area contributed by atoms with Crippen LogP contribution < -0.4 is 5.32 Å². The molecule has 1 aliphatic rings. The predicted molar refractivity (Wildman–Crippen MR) is 124 cm³/mol. The summed E-state index contributed by atoms with van der Waals surface area (Å²) in [5, 5.41) is 11.4. The maximum absolute atomic E-state index is 13.8. The number of anilines is 1. The number of benzene rings is 2. The monoisotopic (exact) mass is 550 g/mol. The van der Waals surface area contributed by atoms with Gasteiger partial charge in [-0.3, -0.25) is 9.00 Å². The van der Waals surface area contributed by atoms with Crippen LogP contribution in [0.25, 0.3) is 0 Å². The predicted octanol–water partition coefficient (Wildman–Crippen LogP) is 6.17. The van der Waals surface area contributed by atoms with E-state index in [2.05, 4.69) is 5.32 Å². The van der Waals surface area contributed by atoms with Gasteiger partial charge in [-0.15, -0.1) is 0 Å². The van der Waals surface area contributed by atoms with Crippen LogP contribution in [-0.2, 0) is 27.9 Å². The van der Waals surface area contributed by atoms with Crippen molar-refractivity contribution >= 4 is 22.7 Å². The zero-order valence-electron chi connectivity index (χ0n) is 19.8. The van der Waals surface area contributed by atoms with Gasteiger partial charge in [0, 0.05) is 16.5 Å². The minimum absolute atomic E-state index is 0.236. The molecule has 0 aromatic heterocycles. The van der Waals surface area contributed by atoms with Gasteiger partial charge in [-0.2, -0.15) is 26.3 Å². The molecule has 2 aromatic carbocycles. The van der Waals surface area contributed by atoms with Crippen LogP contribution >= 0.6 is 0 Å². The van der Waals surface area contributed by atoms with Crippen molar-refractivity contribution in [1.82, 2.24) is 0 Å². The Morgan fingerprint density at radius 1 is 1.03 bits per heavy atom. The molecule has 1 aliphatic carbocycles. The fourth-order valence-corrected chi connectivity index (χ4v) is 4.90. The number of hydrogen-bond acceptors (Lipinski definition) is 4. The summed E-state index contributed by atoms with van der Waals surface area (Å²) in [7, 11) is 0. The molecular formula is C25H26F6NO4S-. The molecule has 12 heteroatoms. The number of aliphatic hydroxyl groups is 1. The van der Waals surface area contributed by atoms with Crippen LogP contribution in [0.4, 0.5) is 32.0 Å². The lowest BCUT2D eigenvalue weighted by atomic mass is 9.81. The first-order chi connectivity index (χ1) is 17.1. The van der Waals surface area contributed by atoms with Gasteiger partial charge in [-0.25, -0.2) is 0 Å². The Balaban J connectivity index is 1.95. The minimum atomic E-state index is -6.11. The largest absolute Gasteiger partial charge is 0.772 e. The van der Waals surface area contributed by atoms with Crippen molar-refractivity contribution in [2.24, 2.45) is 0 Å². The zero-order valence-corrected chi connectivity index (χ0v) is 20.6. The molecule has 204 valence electrons. The number of hydrogen-bond donors (Lipinski definition) is 2. The van der Waals surface area contributed by atoms with Crippen LogP contribution in [0.1, 0.15) is 72.4 Å². The van der Waals surface area contributed by atoms with Crippen LogP contribution in [0.3, 0.4) is 0 Å². The van der Waals surface area contributed by atoms with E-state index in [-0.39, 0.29) is 11.5 Å². The lowest BCUT2D eigenvalue weighted by Crippen LogP contribution is -2.54. The molecule has 2 unspecified atom stereocenters. The lowest BCUT2D eigenvalue weighted by Gasteiger charge is -2.35. The molecule has 0 bridgehead atoms. The van der Waals surface area contributed by atoms with Crippen LogP contribution in [0.15, 0.2) is 42.5 Å².